The Morgan fingerprint density at radius 1 is 1.31 bits per heavy atom. The summed E-state index contributed by atoms with van der Waals surface area (Å²) in [5, 5.41) is 8.89. The van der Waals surface area contributed by atoms with Crippen LogP contribution in [0.15, 0.2) is 0 Å². The van der Waals surface area contributed by atoms with Gasteiger partial charge in [0.2, 0.25) is 0 Å². The summed E-state index contributed by atoms with van der Waals surface area (Å²) in [5.74, 6) is -1.08. The van der Waals surface area contributed by atoms with Gasteiger partial charge in [-0.25, -0.2) is 0 Å². The first-order valence-corrected chi connectivity index (χ1v) is 3.20. The maximum absolute atomic E-state index is 8.89. The summed E-state index contributed by atoms with van der Waals surface area (Å²) in [6.45, 7) is 0.972. The molecule has 0 bridgehead atoms. The van der Waals surface area contributed by atoms with E-state index in [2.05, 4.69) is 0 Å². The molecule has 0 amide bonds. The van der Waals surface area contributed by atoms with Crippen LogP contribution in [-0.2, 0) is 9.36 Å². The molecule has 0 aliphatic carbocycles. The normalized spacial score (nSPS) is 6.46. The van der Waals surface area contributed by atoms with Gasteiger partial charge in [0.1, 0.15) is 0 Å². The Hall–Kier alpha value is 3.51. The van der Waals surface area contributed by atoms with Crippen LogP contribution >= 0.6 is 7.82 Å². The summed E-state index contributed by atoms with van der Waals surface area (Å²) in [6.07, 6.45) is 0. The molecular formula is C2H5ClKNa2O6P. The van der Waals surface area contributed by atoms with Crippen LogP contribution in [0, 0.1) is 0 Å². The van der Waals surface area contributed by atoms with Crippen molar-refractivity contribution in [2.45, 2.75) is 6.92 Å². The minimum absolute atomic E-state index is 0. The van der Waals surface area contributed by atoms with Gasteiger partial charge in [0.05, 0.1) is 0 Å². The second kappa shape index (κ2) is 20.9. The molecule has 0 saturated heterocycles. The summed E-state index contributed by atoms with van der Waals surface area (Å²) >= 11 is 0. The number of carbonyl (C=O) groups excluding carboxylic acids is 1. The number of aliphatic carboxylic acids is 1. The van der Waals surface area contributed by atoms with E-state index >= 15 is 0 Å². The predicted molar refractivity (Wildman–Crippen MR) is 22.7 cm³/mol. The van der Waals surface area contributed by atoms with E-state index in [9.17, 15) is 0 Å². The number of carboxylic acids is 1. The average molecular weight is 277 g/mol. The second-order valence-electron chi connectivity index (χ2n) is 0.982. The van der Waals surface area contributed by atoms with Gasteiger partial charge in [-0.15, -0.1) is 0 Å². The Bertz CT molecular complexity index is 128. The maximum Gasteiger partial charge on any atom is 1.00 e. The summed E-state index contributed by atoms with van der Waals surface area (Å²) in [7, 11) is -4.89. The van der Waals surface area contributed by atoms with Crippen LogP contribution < -0.4 is 133 Å². The van der Waals surface area contributed by atoms with E-state index in [0.717, 1.165) is 6.92 Å². The quantitative estimate of drug-likeness (QED) is 0.335. The molecule has 0 fully saturated rings. The molecule has 0 radical (unpaired) electrons. The molecule has 0 rings (SSSR count). The molecule has 2 N–H and O–H groups in total. The maximum atomic E-state index is 8.89. The predicted octanol–water partition coefficient (Wildman–Crippen LogP) is -14.8. The van der Waals surface area contributed by atoms with Crippen molar-refractivity contribution in [2.75, 3.05) is 0 Å². The van der Waals surface area contributed by atoms with Crippen molar-refractivity contribution in [3.05, 3.63) is 0 Å². The van der Waals surface area contributed by atoms with Crippen LogP contribution in [-0.4, -0.2) is 15.8 Å². The van der Waals surface area contributed by atoms with E-state index in [1.807, 2.05) is 0 Å². The zero-order valence-corrected chi connectivity index (χ0v) is 16.6. The van der Waals surface area contributed by atoms with Crippen molar-refractivity contribution >= 4 is 13.8 Å². The van der Waals surface area contributed by atoms with Crippen molar-refractivity contribution in [3.8, 4) is 0 Å². The van der Waals surface area contributed by atoms with Gasteiger partial charge in [-0.3, -0.25) is 4.57 Å². The minimum Gasteiger partial charge on any atom is -1.00 e. The van der Waals surface area contributed by atoms with Crippen LogP contribution in [0.2, 0.25) is 0 Å². The van der Waals surface area contributed by atoms with E-state index in [0.29, 0.717) is 0 Å². The van der Waals surface area contributed by atoms with Crippen LogP contribution in [0.5, 0.6) is 0 Å². The van der Waals surface area contributed by atoms with Crippen LogP contribution in [0.4, 0.5) is 0 Å². The van der Waals surface area contributed by atoms with E-state index < -0.39 is 13.8 Å². The first-order chi connectivity index (χ1) is 3.73. The molecule has 0 aromatic rings. The Balaban J connectivity index is -0.0000000146. The smallest absolute Gasteiger partial charge is 1.00 e. The minimum atomic E-state index is -4.89. The van der Waals surface area contributed by atoms with Crippen molar-refractivity contribution in [3.63, 3.8) is 0 Å². The SMILES string of the molecule is CC(=O)[O-].O=P([O-])(O)O.[Cl-].[K+].[Na+].[Na+]. The summed E-state index contributed by atoms with van der Waals surface area (Å²) < 4.78 is 8.77. The summed E-state index contributed by atoms with van der Waals surface area (Å²) in [4.78, 5) is 31.8. The molecule has 0 atom stereocenters. The van der Waals surface area contributed by atoms with Gasteiger partial charge in [-0.1, -0.05) is 0 Å². The third-order valence-corrected chi connectivity index (χ3v) is 0. The fourth-order valence-electron chi connectivity index (χ4n) is 0. The molecule has 11 heteroatoms. The molecule has 6 nitrogen and oxygen atoms in total. The number of hydrogen-bond acceptors (Lipinski definition) is 4. The van der Waals surface area contributed by atoms with Gasteiger partial charge in [0, 0.05) is 5.97 Å². The van der Waals surface area contributed by atoms with E-state index in [4.69, 9.17) is 29.1 Å². The monoisotopic (exact) mass is 276 g/mol. The Morgan fingerprint density at radius 3 is 1.31 bits per heavy atom. The molecule has 0 aromatic carbocycles. The average Bonchev–Trinajstić information content (AvgIpc) is 1.19. The summed E-state index contributed by atoms with van der Waals surface area (Å²) in [5.41, 5.74) is 0. The fourth-order valence-corrected chi connectivity index (χ4v) is 0. The van der Waals surface area contributed by atoms with Gasteiger partial charge in [0.15, 0.2) is 0 Å². The molecule has 0 saturated carbocycles. The second-order valence-corrected chi connectivity index (χ2v) is 1.96. The van der Waals surface area contributed by atoms with Crippen molar-refractivity contribution in [1.82, 2.24) is 0 Å². The molecule has 0 unspecified atom stereocenters. The van der Waals surface area contributed by atoms with E-state index in [1.54, 1.807) is 0 Å². The fraction of sp³-hybridized carbons (Fsp3) is 0.500. The molecule has 0 aliphatic rings. The van der Waals surface area contributed by atoms with Crippen LogP contribution in [0.25, 0.3) is 0 Å². The number of rotatable bonds is 0. The number of carboxylic acid groups (broad SMARTS) is 1. The van der Waals surface area contributed by atoms with Crippen LogP contribution in [0.1, 0.15) is 6.92 Å². The first kappa shape index (κ1) is 36.0. The number of hydrogen-bond donors (Lipinski definition) is 2. The van der Waals surface area contributed by atoms with Gasteiger partial charge in [0.25, 0.3) is 7.82 Å². The summed E-state index contributed by atoms with van der Waals surface area (Å²) in [6, 6.07) is 0. The Morgan fingerprint density at radius 2 is 1.31 bits per heavy atom. The number of halogens is 1. The standard InChI is InChI=1S/C2H4O2.ClH.K.2Na.H3O4P/c1-2(3)4;;;;;1-5(2,3)4/h1H3,(H,3,4);1H;;;;(H3,1,2,3,4)/q;;3*+1;/p-3. The van der Waals surface area contributed by atoms with E-state index in [1.165, 1.54) is 0 Å². The molecule has 0 aromatic heterocycles. The third-order valence-electron chi connectivity index (χ3n) is 0. The molecular weight excluding hydrogens is 272 g/mol. The molecule has 0 spiro atoms. The third kappa shape index (κ3) is 230. The van der Waals surface area contributed by atoms with Gasteiger partial charge < -0.3 is 37.0 Å². The topological polar surface area (TPSA) is 121 Å². The zero-order valence-electron chi connectivity index (χ0n) is 7.85. The molecule has 64 valence electrons. The Labute approximate surface area is 169 Å². The van der Waals surface area contributed by atoms with Crippen molar-refractivity contribution < 1.29 is 152 Å². The molecule has 0 heterocycles. The van der Waals surface area contributed by atoms with Gasteiger partial charge in [-0.05, 0) is 6.92 Å². The number of carbonyl (C=O) groups is 1. The Kier molecular flexibility index (Phi) is 57.7. The van der Waals surface area contributed by atoms with E-state index in [-0.39, 0.29) is 123 Å². The molecule has 13 heavy (non-hydrogen) atoms. The molecule has 0 aliphatic heterocycles. The number of phosphoric acid groups is 1. The van der Waals surface area contributed by atoms with Gasteiger partial charge >= 0.3 is 110 Å². The van der Waals surface area contributed by atoms with Gasteiger partial charge in [-0.2, -0.15) is 0 Å². The first-order valence-electron chi connectivity index (χ1n) is 1.67. The zero-order chi connectivity index (χ0) is 8.08. The van der Waals surface area contributed by atoms with Crippen LogP contribution in [0.3, 0.4) is 0 Å². The van der Waals surface area contributed by atoms with Crippen molar-refractivity contribution in [2.24, 2.45) is 0 Å². The largest absolute Gasteiger partial charge is 1.00 e. The van der Waals surface area contributed by atoms with Crippen molar-refractivity contribution in [1.29, 1.82) is 0 Å².